The van der Waals surface area contributed by atoms with Gasteiger partial charge in [0.2, 0.25) is 11.8 Å². The van der Waals surface area contributed by atoms with Gasteiger partial charge in [-0.2, -0.15) is 4.52 Å². The van der Waals surface area contributed by atoms with Crippen LogP contribution in [0.4, 0.5) is 11.6 Å². The normalized spacial score (nSPS) is 11.4. The standard InChI is InChI=1S/C13H10N6O/c14-7-3-4-9-8(6-7)12-17-11(10-2-1-5-20-10)18-19(12)13(15)16-9/h1-6H,14H2,(H2,15,16). The molecule has 0 aliphatic carbocycles. The van der Waals surface area contributed by atoms with E-state index < -0.39 is 0 Å². The highest BCUT2D eigenvalue weighted by Crippen LogP contribution is 2.24. The quantitative estimate of drug-likeness (QED) is 0.507. The Kier molecular flexibility index (Phi) is 2.00. The van der Waals surface area contributed by atoms with Gasteiger partial charge in [-0.3, -0.25) is 0 Å². The number of nitrogens with two attached hydrogens (primary N) is 2. The molecule has 0 aliphatic heterocycles. The van der Waals surface area contributed by atoms with Crippen LogP contribution in [0.3, 0.4) is 0 Å². The summed E-state index contributed by atoms with van der Waals surface area (Å²) in [4.78, 5) is 8.76. The summed E-state index contributed by atoms with van der Waals surface area (Å²) in [7, 11) is 0. The number of hydrogen-bond donors (Lipinski definition) is 2. The van der Waals surface area contributed by atoms with Crippen molar-refractivity contribution >= 4 is 28.2 Å². The predicted molar refractivity (Wildman–Crippen MR) is 74.8 cm³/mol. The zero-order valence-corrected chi connectivity index (χ0v) is 10.3. The first-order chi connectivity index (χ1) is 9.72. The fraction of sp³-hybridized carbons (Fsp3) is 0. The number of nitrogens with zero attached hydrogens (tertiary/aromatic N) is 4. The smallest absolute Gasteiger partial charge is 0.223 e. The first kappa shape index (κ1) is 10.8. The maximum absolute atomic E-state index is 5.91. The minimum Gasteiger partial charge on any atom is -0.461 e. The summed E-state index contributed by atoms with van der Waals surface area (Å²) in [5, 5.41) is 5.11. The molecule has 4 rings (SSSR count). The maximum atomic E-state index is 5.91. The lowest BCUT2D eigenvalue weighted by Gasteiger charge is -2.02. The number of furan rings is 1. The van der Waals surface area contributed by atoms with Crippen molar-refractivity contribution in [2.45, 2.75) is 0 Å². The number of hydrogen-bond acceptors (Lipinski definition) is 6. The Morgan fingerprint density at radius 1 is 1.10 bits per heavy atom. The zero-order valence-electron chi connectivity index (χ0n) is 10.3. The molecule has 0 radical (unpaired) electrons. The Labute approximate surface area is 112 Å². The summed E-state index contributed by atoms with van der Waals surface area (Å²) in [5.41, 5.74) is 13.7. The van der Waals surface area contributed by atoms with Crippen LogP contribution in [0.1, 0.15) is 0 Å². The first-order valence-electron chi connectivity index (χ1n) is 5.98. The van der Waals surface area contributed by atoms with Crippen molar-refractivity contribution in [3.63, 3.8) is 0 Å². The Bertz CT molecular complexity index is 925. The van der Waals surface area contributed by atoms with Crippen molar-refractivity contribution < 1.29 is 4.42 Å². The van der Waals surface area contributed by atoms with Crippen LogP contribution in [0.2, 0.25) is 0 Å². The first-order valence-corrected chi connectivity index (χ1v) is 5.98. The van der Waals surface area contributed by atoms with Gasteiger partial charge in [0.1, 0.15) is 0 Å². The van der Waals surface area contributed by atoms with E-state index in [0.717, 1.165) is 10.9 Å². The molecule has 0 bridgehead atoms. The maximum Gasteiger partial charge on any atom is 0.223 e. The molecule has 98 valence electrons. The van der Waals surface area contributed by atoms with Crippen molar-refractivity contribution in [2.75, 3.05) is 11.5 Å². The van der Waals surface area contributed by atoms with Gasteiger partial charge in [-0.1, -0.05) is 0 Å². The second kappa shape index (κ2) is 3.70. The van der Waals surface area contributed by atoms with Gasteiger partial charge < -0.3 is 15.9 Å². The zero-order chi connectivity index (χ0) is 13.7. The van der Waals surface area contributed by atoms with Crippen LogP contribution < -0.4 is 11.5 Å². The van der Waals surface area contributed by atoms with E-state index in [1.807, 2.05) is 6.07 Å². The fourth-order valence-corrected chi connectivity index (χ4v) is 2.16. The monoisotopic (exact) mass is 266 g/mol. The average molecular weight is 266 g/mol. The van der Waals surface area contributed by atoms with Gasteiger partial charge in [0.15, 0.2) is 11.4 Å². The van der Waals surface area contributed by atoms with Crippen LogP contribution in [-0.4, -0.2) is 19.6 Å². The molecule has 0 saturated carbocycles. The van der Waals surface area contributed by atoms with Crippen molar-refractivity contribution in [3.05, 3.63) is 36.6 Å². The molecule has 3 heterocycles. The second-order valence-corrected chi connectivity index (χ2v) is 4.39. The Balaban J connectivity index is 2.12. The summed E-state index contributed by atoms with van der Waals surface area (Å²) in [5.74, 6) is 1.30. The molecule has 0 amide bonds. The minimum atomic E-state index is 0.266. The molecular weight excluding hydrogens is 256 g/mol. The molecule has 0 aliphatic rings. The summed E-state index contributed by atoms with van der Waals surface area (Å²) < 4.78 is 6.79. The molecule has 0 fully saturated rings. The molecule has 1 aromatic carbocycles. The number of nitrogen functional groups attached to an aromatic ring is 2. The summed E-state index contributed by atoms with van der Waals surface area (Å²) in [6.07, 6.45) is 1.57. The molecule has 20 heavy (non-hydrogen) atoms. The highest BCUT2D eigenvalue weighted by atomic mass is 16.3. The molecule has 3 aromatic heterocycles. The van der Waals surface area contributed by atoms with Crippen molar-refractivity contribution in [3.8, 4) is 11.6 Å². The van der Waals surface area contributed by atoms with E-state index >= 15 is 0 Å². The van der Waals surface area contributed by atoms with E-state index in [0.29, 0.717) is 22.9 Å². The number of aromatic nitrogens is 4. The van der Waals surface area contributed by atoms with Crippen molar-refractivity contribution in [2.24, 2.45) is 0 Å². The molecule has 4 aromatic rings. The number of benzene rings is 1. The lowest BCUT2D eigenvalue weighted by molar-refractivity contribution is 0.577. The van der Waals surface area contributed by atoms with Gasteiger partial charge in [0, 0.05) is 11.1 Å². The molecule has 0 atom stereocenters. The van der Waals surface area contributed by atoms with E-state index in [1.54, 1.807) is 30.5 Å². The van der Waals surface area contributed by atoms with E-state index in [1.165, 1.54) is 4.52 Å². The minimum absolute atomic E-state index is 0.266. The Morgan fingerprint density at radius 2 is 2.00 bits per heavy atom. The van der Waals surface area contributed by atoms with Crippen LogP contribution in [0.25, 0.3) is 28.1 Å². The lowest BCUT2D eigenvalue weighted by atomic mass is 10.2. The largest absolute Gasteiger partial charge is 0.461 e. The number of anilines is 2. The highest BCUT2D eigenvalue weighted by molar-refractivity contribution is 5.94. The van der Waals surface area contributed by atoms with E-state index in [2.05, 4.69) is 15.1 Å². The Hall–Kier alpha value is -3.09. The van der Waals surface area contributed by atoms with E-state index in [-0.39, 0.29) is 5.95 Å². The van der Waals surface area contributed by atoms with Gasteiger partial charge >= 0.3 is 0 Å². The molecule has 4 N–H and O–H groups in total. The summed E-state index contributed by atoms with van der Waals surface area (Å²) in [6.45, 7) is 0. The fourth-order valence-electron chi connectivity index (χ4n) is 2.16. The highest BCUT2D eigenvalue weighted by Gasteiger charge is 2.14. The van der Waals surface area contributed by atoms with E-state index in [9.17, 15) is 0 Å². The predicted octanol–water partition coefficient (Wildman–Crippen LogP) is 1.70. The van der Waals surface area contributed by atoms with E-state index in [4.69, 9.17) is 15.9 Å². The van der Waals surface area contributed by atoms with Gasteiger partial charge in [-0.05, 0) is 30.3 Å². The SMILES string of the molecule is Nc1ccc2nc(N)n3nc(-c4ccco4)nc3c2c1. The van der Waals surface area contributed by atoms with Gasteiger partial charge in [-0.25, -0.2) is 9.97 Å². The molecular formula is C13H10N6O. The second-order valence-electron chi connectivity index (χ2n) is 4.39. The third kappa shape index (κ3) is 1.43. The molecule has 0 saturated heterocycles. The van der Waals surface area contributed by atoms with Crippen molar-refractivity contribution in [1.82, 2.24) is 19.6 Å². The topological polar surface area (TPSA) is 108 Å². The van der Waals surface area contributed by atoms with Crippen LogP contribution >= 0.6 is 0 Å². The molecule has 7 nitrogen and oxygen atoms in total. The van der Waals surface area contributed by atoms with Crippen LogP contribution in [0.5, 0.6) is 0 Å². The van der Waals surface area contributed by atoms with Crippen LogP contribution in [0.15, 0.2) is 41.0 Å². The van der Waals surface area contributed by atoms with Crippen molar-refractivity contribution in [1.29, 1.82) is 0 Å². The van der Waals surface area contributed by atoms with Crippen LogP contribution in [0, 0.1) is 0 Å². The van der Waals surface area contributed by atoms with Gasteiger partial charge in [0.25, 0.3) is 0 Å². The summed E-state index contributed by atoms with van der Waals surface area (Å²) >= 11 is 0. The third-order valence-electron chi connectivity index (χ3n) is 3.06. The lowest BCUT2D eigenvalue weighted by Crippen LogP contribution is -2.02. The third-order valence-corrected chi connectivity index (χ3v) is 3.06. The molecule has 0 unspecified atom stereocenters. The number of fused-ring (bicyclic) bond motifs is 3. The average Bonchev–Trinajstić information content (AvgIpc) is 3.08. The Morgan fingerprint density at radius 3 is 2.80 bits per heavy atom. The number of rotatable bonds is 1. The van der Waals surface area contributed by atoms with Crippen LogP contribution in [-0.2, 0) is 0 Å². The van der Waals surface area contributed by atoms with Gasteiger partial charge in [-0.15, -0.1) is 5.10 Å². The molecule has 7 heteroatoms. The molecule has 0 spiro atoms. The van der Waals surface area contributed by atoms with Gasteiger partial charge in [0.05, 0.1) is 11.8 Å². The summed E-state index contributed by atoms with van der Waals surface area (Å²) in [6, 6.07) is 8.95.